The van der Waals surface area contributed by atoms with Gasteiger partial charge in [-0.1, -0.05) is 6.92 Å². The van der Waals surface area contributed by atoms with Gasteiger partial charge in [-0.3, -0.25) is 0 Å². The van der Waals surface area contributed by atoms with Crippen LogP contribution in [-0.4, -0.2) is 14.2 Å². The van der Waals surface area contributed by atoms with Gasteiger partial charge in [0.15, 0.2) is 21.5 Å². The van der Waals surface area contributed by atoms with Gasteiger partial charge in [0, 0.05) is 6.04 Å². The van der Waals surface area contributed by atoms with Crippen LogP contribution in [0.5, 0.6) is 0 Å². The first-order valence-electron chi connectivity index (χ1n) is 4.80. The van der Waals surface area contributed by atoms with Crippen molar-refractivity contribution in [1.82, 2.24) is 0 Å². The third kappa shape index (κ3) is 1.62. The molecule has 88 valence electrons. The Bertz CT molecular complexity index is 542. The van der Waals surface area contributed by atoms with E-state index in [1.165, 1.54) is 0 Å². The number of benzene rings is 1. The highest BCUT2D eigenvalue weighted by Gasteiger charge is 2.34. The molecule has 1 heterocycles. The van der Waals surface area contributed by atoms with Gasteiger partial charge in [0.1, 0.15) is 0 Å². The number of fused-ring (bicyclic) bond motifs is 1. The molecule has 6 heteroatoms. The fourth-order valence-corrected chi connectivity index (χ4v) is 3.84. The number of hydrogen-bond donors (Lipinski definition) is 1. The summed E-state index contributed by atoms with van der Waals surface area (Å²) >= 11 is 0. The standard InChI is InChI=1S/C10H11F2NO2S/c1-5-4-16(14,15)9-3-8(12)7(11)2-6(9)10(5)13/h2-3,5,10H,4,13H2,1H3. The minimum absolute atomic E-state index is 0.133. The average Bonchev–Trinajstić information content (AvgIpc) is 2.17. The highest BCUT2D eigenvalue weighted by atomic mass is 32.2. The third-order valence-corrected chi connectivity index (χ3v) is 4.83. The lowest BCUT2D eigenvalue weighted by atomic mass is 9.96. The quantitative estimate of drug-likeness (QED) is 0.705. The zero-order valence-electron chi connectivity index (χ0n) is 8.57. The van der Waals surface area contributed by atoms with Gasteiger partial charge < -0.3 is 5.73 Å². The SMILES string of the molecule is CC1CS(=O)(=O)c2cc(F)c(F)cc2C1N. The maximum absolute atomic E-state index is 13.0. The van der Waals surface area contributed by atoms with Crippen molar-refractivity contribution < 1.29 is 17.2 Å². The molecule has 1 aromatic rings. The largest absolute Gasteiger partial charge is 0.324 e. The van der Waals surface area contributed by atoms with Gasteiger partial charge in [0.05, 0.1) is 10.6 Å². The van der Waals surface area contributed by atoms with Crippen molar-refractivity contribution in [3.05, 3.63) is 29.3 Å². The smallest absolute Gasteiger partial charge is 0.179 e. The van der Waals surface area contributed by atoms with Gasteiger partial charge in [-0.05, 0) is 23.6 Å². The fraction of sp³-hybridized carbons (Fsp3) is 0.400. The third-order valence-electron chi connectivity index (χ3n) is 2.84. The monoisotopic (exact) mass is 247 g/mol. The van der Waals surface area contributed by atoms with Crippen LogP contribution in [-0.2, 0) is 9.84 Å². The zero-order chi connectivity index (χ0) is 12.1. The molecule has 2 rings (SSSR count). The van der Waals surface area contributed by atoms with E-state index in [1.54, 1.807) is 6.92 Å². The van der Waals surface area contributed by atoms with E-state index in [1.807, 2.05) is 0 Å². The summed E-state index contributed by atoms with van der Waals surface area (Å²) in [5, 5.41) is 0. The van der Waals surface area contributed by atoms with Gasteiger partial charge in [0.2, 0.25) is 0 Å². The summed E-state index contributed by atoms with van der Waals surface area (Å²) in [6, 6.07) is 1.02. The Morgan fingerprint density at radius 2 is 1.88 bits per heavy atom. The van der Waals surface area contributed by atoms with Crippen molar-refractivity contribution >= 4 is 9.84 Å². The van der Waals surface area contributed by atoms with E-state index in [9.17, 15) is 17.2 Å². The highest BCUT2D eigenvalue weighted by molar-refractivity contribution is 7.91. The predicted molar refractivity (Wildman–Crippen MR) is 54.5 cm³/mol. The van der Waals surface area contributed by atoms with Crippen molar-refractivity contribution in [1.29, 1.82) is 0 Å². The summed E-state index contributed by atoms with van der Waals surface area (Å²) in [6.07, 6.45) is 0. The van der Waals surface area contributed by atoms with Crippen LogP contribution < -0.4 is 5.73 Å². The minimum atomic E-state index is -3.55. The number of hydrogen-bond acceptors (Lipinski definition) is 3. The molecule has 0 spiro atoms. The Labute approximate surface area is 92.2 Å². The lowest BCUT2D eigenvalue weighted by Gasteiger charge is -2.28. The lowest BCUT2D eigenvalue weighted by Crippen LogP contribution is -2.32. The molecule has 0 aromatic heterocycles. The first-order valence-corrected chi connectivity index (χ1v) is 6.45. The molecule has 0 radical (unpaired) electrons. The Kier molecular flexibility index (Phi) is 2.51. The average molecular weight is 247 g/mol. The molecule has 0 saturated carbocycles. The summed E-state index contributed by atoms with van der Waals surface area (Å²) in [7, 11) is -3.55. The van der Waals surface area contributed by atoms with E-state index in [2.05, 4.69) is 0 Å². The number of halogens is 2. The maximum atomic E-state index is 13.0. The van der Waals surface area contributed by atoms with E-state index in [4.69, 9.17) is 5.73 Å². The van der Waals surface area contributed by atoms with Gasteiger partial charge in [-0.2, -0.15) is 0 Å². The van der Waals surface area contributed by atoms with Crippen LogP contribution in [0.25, 0.3) is 0 Å². The molecular weight excluding hydrogens is 236 g/mol. The molecule has 16 heavy (non-hydrogen) atoms. The van der Waals surface area contributed by atoms with Crippen LogP contribution in [0.2, 0.25) is 0 Å². The van der Waals surface area contributed by atoms with Crippen molar-refractivity contribution in [3.8, 4) is 0 Å². The first kappa shape index (κ1) is 11.5. The normalized spacial score (nSPS) is 27.5. The second-order valence-corrected chi connectivity index (χ2v) is 6.09. The molecule has 0 fully saturated rings. The van der Waals surface area contributed by atoms with Gasteiger partial charge in [0.25, 0.3) is 0 Å². The number of rotatable bonds is 0. The number of nitrogens with two attached hydrogens (primary N) is 1. The Hall–Kier alpha value is -1.01. The molecule has 0 saturated heterocycles. The lowest BCUT2D eigenvalue weighted by molar-refractivity contribution is 0.459. The van der Waals surface area contributed by atoms with E-state index in [-0.39, 0.29) is 22.1 Å². The van der Waals surface area contributed by atoms with Crippen molar-refractivity contribution in [2.45, 2.75) is 17.9 Å². The Morgan fingerprint density at radius 1 is 1.31 bits per heavy atom. The summed E-state index contributed by atoms with van der Waals surface area (Å²) < 4.78 is 49.5. The predicted octanol–water partition coefficient (Wildman–Crippen LogP) is 1.39. The molecule has 2 N–H and O–H groups in total. The number of sulfone groups is 1. The van der Waals surface area contributed by atoms with E-state index < -0.39 is 27.5 Å². The highest BCUT2D eigenvalue weighted by Crippen LogP contribution is 2.35. The van der Waals surface area contributed by atoms with Gasteiger partial charge in [-0.25, -0.2) is 17.2 Å². The van der Waals surface area contributed by atoms with Crippen molar-refractivity contribution in [3.63, 3.8) is 0 Å². The van der Waals surface area contributed by atoms with Gasteiger partial charge in [-0.15, -0.1) is 0 Å². The molecule has 1 aliphatic heterocycles. The first-order chi connectivity index (χ1) is 7.33. The topological polar surface area (TPSA) is 60.2 Å². The second-order valence-electron chi connectivity index (χ2n) is 4.09. The van der Waals surface area contributed by atoms with Crippen LogP contribution in [0.3, 0.4) is 0 Å². The van der Waals surface area contributed by atoms with Crippen LogP contribution in [0.1, 0.15) is 18.5 Å². The molecule has 2 unspecified atom stereocenters. The van der Waals surface area contributed by atoms with Crippen LogP contribution in [0.4, 0.5) is 8.78 Å². The molecule has 0 aliphatic carbocycles. The van der Waals surface area contributed by atoms with Crippen molar-refractivity contribution in [2.75, 3.05) is 5.75 Å². The van der Waals surface area contributed by atoms with E-state index >= 15 is 0 Å². The molecule has 2 atom stereocenters. The van der Waals surface area contributed by atoms with Crippen LogP contribution in [0.15, 0.2) is 17.0 Å². The van der Waals surface area contributed by atoms with E-state index in [0.717, 1.165) is 6.07 Å². The molecular formula is C10H11F2NO2S. The van der Waals surface area contributed by atoms with Crippen LogP contribution >= 0.6 is 0 Å². The second kappa shape index (κ2) is 3.49. The fourth-order valence-electron chi connectivity index (χ4n) is 1.92. The Balaban J connectivity index is 2.74. The van der Waals surface area contributed by atoms with Gasteiger partial charge >= 0.3 is 0 Å². The summed E-state index contributed by atoms with van der Waals surface area (Å²) in [4.78, 5) is -0.183. The molecule has 0 bridgehead atoms. The van der Waals surface area contributed by atoms with Crippen molar-refractivity contribution in [2.24, 2.45) is 11.7 Å². The molecule has 1 aromatic carbocycles. The van der Waals surface area contributed by atoms with Crippen LogP contribution in [0, 0.1) is 17.6 Å². The molecule has 0 amide bonds. The Morgan fingerprint density at radius 3 is 2.50 bits per heavy atom. The summed E-state index contributed by atoms with van der Waals surface area (Å²) in [5.41, 5.74) is 5.94. The molecule has 3 nitrogen and oxygen atoms in total. The zero-order valence-corrected chi connectivity index (χ0v) is 9.39. The van der Waals surface area contributed by atoms with E-state index in [0.29, 0.717) is 6.07 Å². The summed E-state index contributed by atoms with van der Waals surface area (Å²) in [5.74, 6) is -2.67. The molecule has 1 aliphatic rings. The summed E-state index contributed by atoms with van der Waals surface area (Å²) in [6.45, 7) is 1.67. The minimum Gasteiger partial charge on any atom is -0.324 e. The maximum Gasteiger partial charge on any atom is 0.179 e.